The molecule has 0 fully saturated rings. The Balaban J connectivity index is 2.44. The number of hydrogen-bond donors (Lipinski definition) is 1. The number of aliphatic hydroxyl groups is 1. The van der Waals surface area contributed by atoms with Gasteiger partial charge in [-0.15, -0.1) is 0 Å². The van der Waals surface area contributed by atoms with Gasteiger partial charge in [-0.1, -0.05) is 20.8 Å². The van der Waals surface area contributed by atoms with Gasteiger partial charge in [0.2, 0.25) is 0 Å². The molecule has 1 rings (SSSR count). The number of likely N-dealkylation sites (N-methyl/N-ethyl adjacent to an activating group) is 1. The zero-order chi connectivity index (χ0) is 12.2. The number of pyridine rings is 1. The van der Waals surface area contributed by atoms with Crippen LogP contribution in [0.4, 0.5) is 0 Å². The molecule has 3 heteroatoms. The molecule has 0 aliphatic heterocycles. The maximum absolute atomic E-state index is 10.0. The van der Waals surface area contributed by atoms with Crippen molar-refractivity contribution in [3.05, 3.63) is 30.1 Å². The number of hydrogen-bond acceptors (Lipinski definition) is 3. The summed E-state index contributed by atoms with van der Waals surface area (Å²) in [6.07, 6.45) is 4.13. The molecular formula is C13H22N2O. The molecule has 90 valence electrons. The smallest absolute Gasteiger partial charge is 0.112 e. The molecule has 1 N–H and O–H groups in total. The van der Waals surface area contributed by atoms with Gasteiger partial charge >= 0.3 is 0 Å². The maximum atomic E-state index is 10.0. The van der Waals surface area contributed by atoms with Gasteiger partial charge in [0.15, 0.2) is 0 Å². The molecule has 16 heavy (non-hydrogen) atoms. The van der Waals surface area contributed by atoms with Crippen LogP contribution in [-0.2, 0) is 6.42 Å². The summed E-state index contributed by atoms with van der Waals surface area (Å²) in [5.74, 6) is 0. The molecule has 1 aromatic heterocycles. The highest BCUT2D eigenvalue weighted by molar-refractivity contribution is 5.09. The fourth-order valence-electron chi connectivity index (χ4n) is 1.64. The number of nitrogens with zero attached hydrogens (tertiary/aromatic N) is 2. The van der Waals surface area contributed by atoms with Crippen molar-refractivity contribution in [2.75, 3.05) is 13.6 Å². The summed E-state index contributed by atoms with van der Waals surface area (Å²) in [6, 6.07) is 4.02. The Bertz CT molecular complexity index is 305. The molecule has 3 nitrogen and oxygen atoms in total. The molecule has 0 amide bonds. The summed E-state index contributed by atoms with van der Waals surface area (Å²) < 4.78 is 0. The van der Waals surface area contributed by atoms with Gasteiger partial charge in [-0.3, -0.25) is 9.88 Å². The first-order valence-electron chi connectivity index (χ1n) is 5.68. The van der Waals surface area contributed by atoms with Crippen molar-refractivity contribution in [2.24, 2.45) is 5.41 Å². The first-order valence-corrected chi connectivity index (χ1v) is 5.68. The molecule has 0 radical (unpaired) electrons. The number of aliphatic hydroxyl groups excluding tert-OH is 1. The molecule has 0 aliphatic rings. The van der Waals surface area contributed by atoms with Gasteiger partial charge in [0, 0.05) is 24.4 Å². The summed E-state index contributed by atoms with van der Waals surface area (Å²) >= 11 is 0. The lowest BCUT2D eigenvalue weighted by molar-refractivity contribution is -0.0564. The largest absolute Gasteiger partial charge is 0.378 e. The van der Waals surface area contributed by atoms with Crippen LogP contribution in [0.5, 0.6) is 0 Å². The summed E-state index contributed by atoms with van der Waals surface area (Å²) in [7, 11) is 1.96. The topological polar surface area (TPSA) is 36.4 Å². The van der Waals surface area contributed by atoms with Crippen LogP contribution in [0.1, 0.15) is 26.3 Å². The van der Waals surface area contributed by atoms with E-state index >= 15 is 0 Å². The molecule has 0 spiro atoms. The summed E-state index contributed by atoms with van der Waals surface area (Å²) in [5.41, 5.74) is 1.15. The zero-order valence-electron chi connectivity index (χ0n) is 10.6. The molecule has 0 saturated carbocycles. The third-order valence-corrected chi connectivity index (χ3v) is 2.69. The Hall–Kier alpha value is -0.930. The summed E-state index contributed by atoms with van der Waals surface area (Å²) in [5, 5.41) is 10.0. The number of aromatic nitrogens is 1. The molecule has 1 aromatic rings. The Morgan fingerprint density at radius 3 is 2.38 bits per heavy atom. The average Bonchev–Trinajstić information content (AvgIpc) is 2.25. The van der Waals surface area contributed by atoms with Gasteiger partial charge in [0.1, 0.15) is 6.23 Å². The van der Waals surface area contributed by atoms with E-state index in [1.165, 1.54) is 5.56 Å². The van der Waals surface area contributed by atoms with Crippen LogP contribution in [-0.4, -0.2) is 34.8 Å². The third kappa shape index (κ3) is 3.91. The van der Waals surface area contributed by atoms with E-state index in [0.29, 0.717) is 0 Å². The average molecular weight is 222 g/mol. The number of rotatable bonds is 4. The highest BCUT2D eigenvalue weighted by atomic mass is 16.3. The van der Waals surface area contributed by atoms with E-state index in [2.05, 4.69) is 4.98 Å². The van der Waals surface area contributed by atoms with Crippen molar-refractivity contribution < 1.29 is 5.11 Å². The van der Waals surface area contributed by atoms with Crippen molar-refractivity contribution in [3.63, 3.8) is 0 Å². The first kappa shape index (κ1) is 13.1. The Morgan fingerprint density at radius 2 is 1.88 bits per heavy atom. The predicted octanol–water partition coefficient (Wildman–Crippen LogP) is 1.92. The zero-order valence-corrected chi connectivity index (χ0v) is 10.6. The maximum Gasteiger partial charge on any atom is 0.112 e. The van der Waals surface area contributed by atoms with E-state index in [9.17, 15) is 5.11 Å². The van der Waals surface area contributed by atoms with Gasteiger partial charge in [-0.2, -0.15) is 0 Å². The second kappa shape index (κ2) is 5.41. The fraction of sp³-hybridized carbons (Fsp3) is 0.615. The lowest BCUT2D eigenvalue weighted by Crippen LogP contribution is -2.42. The van der Waals surface area contributed by atoms with Gasteiger partial charge in [-0.25, -0.2) is 0 Å². The molecule has 0 saturated heterocycles. The molecule has 0 aliphatic carbocycles. The SMILES string of the molecule is CN(CCc1ccncc1)C(O)C(C)(C)C. The standard InChI is InChI=1S/C13H22N2O/c1-13(2,3)12(16)15(4)10-7-11-5-8-14-9-6-11/h5-6,8-9,12,16H,7,10H2,1-4H3. The van der Waals surface area contributed by atoms with Crippen molar-refractivity contribution in [1.29, 1.82) is 0 Å². The van der Waals surface area contributed by atoms with Crippen LogP contribution in [0, 0.1) is 5.41 Å². The van der Waals surface area contributed by atoms with Crippen LogP contribution in [0.2, 0.25) is 0 Å². The minimum Gasteiger partial charge on any atom is -0.378 e. The van der Waals surface area contributed by atoms with E-state index in [0.717, 1.165) is 13.0 Å². The summed E-state index contributed by atoms with van der Waals surface area (Å²) in [6.45, 7) is 6.98. The van der Waals surface area contributed by atoms with Crippen LogP contribution >= 0.6 is 0 Å². The molecule has 1 heterocycles. The predicted molar refractivity (Wildman–Crippen MR) is 66.0 cm³/mol. The van der Waals surface area contributed by atoms with Crippen LogP contribution < -0.4 is 0 Å². The van der Waals surface area contributed by atoms with Gasteiger partial charge in [0.25, 0.3) is 0 Å². The van der Waals surface area contributed by atoms with E-state index in [1.807, 2.05) is 44.9 Å². The van der Waals surface area contributed by atoms with Crippen LogP contribution in [0.3, 0.4) is 0 Å². The molecule has 0 bridgehead atoms. The van der Waals surface area contributed by atoms with E-state index in [1.54, 1.807) is 12.4 Å². The van der Waals surface area contributed by atoms with Crippen molar-refractivity contribution in [2.45, 2.75) is 33.4 Å². The normalized spacial score (nSPS) is 14.1. The fourth-order valence-corrected chi connectivity index (χ4v) is 1.64. The second-order valence-electron chi connectivity index (χ2n) is 5.33. The van der Waals surface area contributed by atoms with Crippen molar-refractivity contribution >= 4 is 0 Å². The molecule has 0 aromatic carbocycles. The van der Waals surface area contributed by atoms with E-state index in [-0.39, 0.29) is 5.41 Å². The second-order valence-corrected chi connectivity index (χ2v) is 5.33. The van der Waals surface area contributed by atoms with Crippen molar-refractivity contribution in [1.82, 2.24) is 9.88 Å². The van der Waals surface area contributed by atoms with Crippen LogP contribution in [0.25, 0.3) is 0 Å². The van der Waals surface area contributed by atoms with E-state index in [4.69, 9.17) is 0 Å². The molecule has 1 unspecified atom stereocenters. The molecular weight excluding hydrogens is 200 g/mol. The summed E-state index contributed by atoms with van der Waals surface area (Å²) in [4.78, 5) is 5.97. The lowest BCUT2D eigenvalue weighted by atomic mass is 9.93. The highest BCUT2D eigenvalue weighted by Crippen LogP contribution is 2.21. The third-order valence-electron chi connectivity index (χ3n) is 2.69. The van der Waals surface area contributed by atoms with Crippen LogP contribution in [0.15, 0.2) is 24.5 Å². The van der Waals surface area contributed by atoms with Gasteiger partial charge < -0.3 is 5.11 Å². The quantitative estimate of drug-likeness (QED) is 0.791. The minimum atomic E-state index is -0.408. The highest BCUT2D eigenvalue weighted by Gasteiger charge is 2.25. The van der Waals surface area contributed by atoms with E-state index < -0.39 is 6.23 Å². The van der Waals surface area contributed by atoms with Crippen molar-refractivity contribution in [3.8, 4) is 0 Å². The minimum absolute atomic E-state index is 0.104. The van der Waals surface area contributed by atoms with Gasteiger partial charge in [0.05, 0.1) is 0 Å². The first-order chi connectivity index (χ1) is 7.41. The Morgan fingerprint density at radius 1 is 1.31 bits per heavy atom. The Labute approximate surface area is 98.1 Å². The Kier molecular flexibility index (Phi) is 4.44. The van der Waals surface area contributed by atoms with Gasteiger partial charge in [-0.05, 0) is 31.2 Å². The monoisotopic (exact) mass is 222 g/mol. The molecule has 1 atom stereocenters. The lowest BCUT2D eigenvalue weighted by Gasteiger charge is -2.33.